The molecule has 2 aromatic rings. The van der Waals surface area contributed by atoms with Crippen molar-refractivity contribution in [2.75, 3.05) is 19.6 Å². The first-order chi connectivity index (χ1) is 10.2. The van der Waals surface area contributed by atoms with Gasteiger partial charge in [0.15, 0.2) is 0 Å². The predicted octanol–water partition coefficient (Wildman–Crippen LogP) is 2.44. The van der Waals surface area contributed by atoms with E-state index in [4.69, 9.17) is 0 Å². The van der Waals surface area contributed by atoms with Crippen molar-refractivity contribution in [3.05, 3.63) is 42.2 Å². The number of carbonyl (C=O) groups is 1. The Labute approximate surface area is 124 Å². The van der Waals surface area contributed by atoms with Crippen molar-refractivity contribution in [1.82, 2.24) is 19.8 Å². The summed E-state index contributed by atoms with van der Waals surface area (Å²) in [6.45, 7) is 6.14. The Morgan fingerprint density at radius 2 is 2.05 bits per heavy atom. The molecule has 5 heteroatoms. The third-order valence-electron chi connectivity index (χ3n) is 3.86. The largest absolute Gasteiger partial charge is 0.338 e. The maximum Gasteiger partial charge on any atom is 0.317 e. The lowest BCUT2D eigenvalue weighted by molar-refractivity contribution is 0.125. The monoisotopic (exact) mass is 284 g/mol. The molecule has 3 rings (SSSR count). The van der Waals surface area contributed by atoms with Gasteiger partial charge in [-0.1, -0.05) is 30.3 Å². The SMILES string of the molecule is CCNC(=O)N1CC(n2c(C)cnc2-c2ccccc2)C1. The third-order valence-corrected chi connectivity index (χ3v) is 3.86. The minimum absolute atomic E-state index is 0.0211. The number of nitrogens with one attached hydrogen (secondary N) is 1. The van der Waals surface area contributed by atoms with Crippen molar-refractivity contribution in [3.63, 3.8) is 0 Å². The highest BCUT2D eigenvalue weighted by Crippen LogP contribution is 2.29. The highest BCUT2D eigenvalue weighted by Gasteiger charge is 2.33. The van der Waals surface area contributed by atoms with Gasteiger partial charge in [-0.15, -0.1) is 0 Å². The third kappa shape index (κ3) is 2.51. The summed E-state index contributed by atoms with van der Waals surface area (Å²) in [7, 11) is 0. The standard InChI is InChI=1S/C16H20N4O/c1-3-17-16(21)19-10-14(11-19)20-12(2)9-18-15(20)13-7-5-4-6-8-13/h4-9,14H,3,10-11H2,1-2H3,(H,17,21). The maximum atomic E-state index is 11.8. The van der Waals surface area contributed by atoms with Crippen LogP contribution in [0.4, 0.5) is 4.79 Å². The summed E-state index contributed by atoms with van der Waals surface area (Å²) in [5.41, 5.74) is 2.25. The topological polar surface area (TPSA) is 50.2 Å². The molecule has 1 aliphatic heterocycles. The molecule has 110 valence electrons. The summed E-state index contributed by atoms with van der Waals surface area (Å²) in [5, 5.41) is 2.84. The fourth-order valence-electron chi connectivity index (χ4n) is 2.76. The number of hydrogen-bond donors (Lipinski definition) is 1. The van der Waals surface area contributed by atoms with Crippen LogP contribution in [0.2, 0.25) is 0 Å². The van der Waals surface area contributed by atoms with E-state index < -0.39 is 0 Å². The molecule has 2 heterocycles. The smallest absolute Gasteiger partial charge is 0.317 e. The molecule has 0 aliphatic carbocycles. The highest BCUT2D eigenvalue weighted by molar-refractivity contribution is 5.75. The molecule has 1 saturated heterocycles. The van der Waals surface area contributed by atoms with Crippen LogP contribution in [-0.2, 0) is 0 Å². The molecule has 2 amide bonds. The minimum atomic E-state index is 0.0211. The lowest BCUT2D eigenvalue weighted by Crippen LogP contribution is -2.54. The van der Waals surface area contributed by atoms with E-state index >= 15 is 0 Å². The molecule has 1 aliphatic rings. The average Bonchev–Trinajstić information content (AvgIpc) is 2.81. The fourth-order valence-corrected chi connectivity index (χ4v) is 2.76. The second-order valence-electron chi connectivity index (χ2n) is 5.35. The van der Waals surface area contributed by atoms with Crippen molar-refractivity contribution in [1.29, 1.82) is 0 Å². The predicted molar refractivity (Wildman–Crippen MR) is 82.1 cm³/mol. The van der Waals surface area contributed by atoms with E-state index in [1.165, 1.54) is 0 Å². The Balaban J connectivity index is 1.79. The zero-order valence-corrected chi connectivity index (χ0v) is 12.4. The van der Waals surface area contributed by atoms with Gasteiger partial charge in [-0.05, 0) is 13.8 Å². The number of nitrogens with zero attached hydrogens (tertiary/aromatic N) is 3. The van der Waals surface area contributed by atoms with Crippen LogP contribution in [0.5, 0.6) is 0 Å². The van der Waals surface area contributed by atoms with Crippen LogP contribution < -0.4 is 5.32 Å². The van der Waals surface area contributed by atoms with Gasteiger partial charge >= 0.3 is 6.03 Å². The van der Waals surface area contributed by atoms with Gasteiger partial charge in [-0.25, -0.2) is 9.78 Å². The molecule has 1 fully saturated rings. The normalized spacial score (nSPS) is 14.9. The van der Waals surface area contributed by atoms with Gasteiger partial charge in [0, 0.05) is 37.1 Å². The van der Waals surface area contributed by atoms with Crippen molar-refractivity contribution in [3.8, 4) is 11.4 Å². The van der Waals surface area contributed by atoms with Gasteiger partial charge in [-0.2, -0.15) is 0 Å². The summed E-state index contributed by atoms with van der Waals surface area (Å²) in [4.78, 5) is 18.1. The van der Waals surface area contributed by atoms with E-state index in [2.05, 4.69) is 33.9 Å². The lowest BCUT2D eigenvalue weighted by Gasteiger charge is -2.40. The second kappa shape index (κ2) is 5.60. The summed E-state index contributed by atoms with van der Waals surface area (Å²) < 4.78 is 2.24. The summed E-state index contributed by atoms with van der Waals surface area (Å²) in [5.74, 6) is 0.980. The molecule has 1 aromatic heterocycles. The number of rotatable bonds is 3. The molecule has 0 saturated carbocycles. The van der Waals surface area contributed by atoms with Gasteiger partial charge in [0.2, 0.25) is 0 Å². The number of hydrogen-bond acceptors (Lipinski definition) is 2. The number of benzene rings is 1. The van der Waals surface area contributed by atoms with E-state index in [1.807, 2.05) is 36.2 Å². The van der Waals surface area contributed by atoms with Crippen LogP contribution in [0.15, 0.2) is 36.5 Å². The number of aromatic nitrogens is 2. The fraction of sp³-hybridized carbons (Fsp3) is 0.375. The summed E-state index contributed by atoms with van der Waals surface area (Å²) in [6.07, 6.45) is 1.90. The van der Waals surface area contributed by atoms with E-state index in [-0.39, 0.29) is 6.03 Å². The first-order valence-electron chi connectivity index (χ1n) is 7.32. The van der Waals surface area contributed by atoms with E-state index in [9.17, 15) is 4.79 Å². The molecule has 0 atom stereocenters. The molecule has 0 unspecified atom stereocenters. The van der Waals surface area contributed by atoms with Crippen molar-refractivity contribution < 1.29 is 4.79 Å². The quantitative estimate of drug-likeness (QED) is 0.941. The van der Waals surface area contributed by atoms with Crippen LogP contribution in [-0.4, -0.2) is 40.1 Å². The van der Waals surface area contributed by atoms with Gasteiger partial charge in [0.25, 0.3) is 0 Å². The number of aryl methyl sites for hydroxylation is 1. The summed E-state index contributed by atoms with van der Waals surface area (Å²) in [6, 6.07) is 10.5. The van der Waals surface area contributed by atoms with Gasteiger partial charge in [0.1, 0.15) is 5.82 Å². The number of amides is 2. The Morgan fingerprint density at radius 3 is 2.71 bits per heavy atom. The Kier molecular flexibility index (Phi) is 3.64. The molecular weight excluding hydrogens is 264 g/mol. The zero-order valence-electron chi connectivity index (χ0n) is 12.4. The molecular formula is C16H20N4O. The molecule has 5 nitrogen and oxygen atoms in total. The number of likely N-dealkylation sites (tertiary alicyclic amines) is 1. The Morgan fingerprint density at radius 1 is 1.33 bits per heavy atom. The Hall–Kier alpha value is -2.30. The van der Waals surface area contributed by atoms with Crippen LogP contribution in [0.25, 0.3) is 11.4 Å². The van der Waals surface area contributed by atoms with Crippen LogP contribution in [0.1, 0.15) is 18.7 Å². The van der Waals surface area contributed by atoms with Gasteiger partial charge in [0.05, 0.1) is 6.04 Å². The Bertz CT molecular complexity index is 629. The molecule has 0 spiro atoms. The van der Waals surface area contributed by atoms with Crippen LogP contribution >= 0.6 is 0 Å². The van der Waals surface area contributed by atoms with E-state index in [0.717, 1.165) is 30.2 Å². The van der Waals surface area contributed by atoms with Crippen LogP contribution in [0, 0.1) is 6.92 Å². The van der Waals surface area contributed by atoms with Gasteiger partial charge in [-0.3, -0.25) is 0 Å². The maximum absolute atomic E-state index is 11.8. The molecule has 21 heavy (non-hydrogen) atoms. The van der Waals surface area contributed by atoms with Crippen molar-refractivity contribution >= 4 is 6.03 Å². The first kappa shape index (κ1) is 13.7. The van der Waals surface area contributed by atoms with E-state index in [1.54, 1.807) is 0 Å². The first-order valence-corrected chi connectivity index (χ1v) is 7.32. The number of urea groups is 1. The number of imidazole rings is 1. The van der Waals surface area contributed by atoms with Crippen molar-refractivity contribution in [2.24, 2.45) is 0 Å². The number of carbonyl (C=O) groups excluding carboxylic acids is 1. The molecule has 1 aromatic carbocycles. The highest BCUT2D eigenvalue weighted by atomic mass is 16.2. The zero-order chi connectivity index (χ0) is 14.8. The van der Waals surface area contributed by atoms with E-state index in [0.29, 0.717) is 12.6 Å². The molecule has 0 bridgehead atoms. The van der Waals surface area contributed by atoms with Gasteiger partial charge < -0.3 is 14.8 Å². The minimum Gasteiger partial charge on any atom is -0.338 e. The molecule has 0 radical (unpaired) electrons. The average molecular weight is 284 g/mol. The van der Waals surface area contributed by atoms with Crippen molar-refractivity contribution in [2.45, 2.75) is 19.9 Å². The lowest BCUT2D eigenvalue weighted by atomic mass is 10.1. The van der Waals surface area contributed by atoms with Crippen LogP contribution in [0.3, 0.4) is 0 Å². The second-order valence-corrected chi connectivity index (χ2v) is 5.35. The molecule has 1 N–H and O–H groups in total. The summed E-state index contributed by atoms with van der Waals surface area (Å²) >= 11 is 0.